The molecule has 7 heteroatoms. The largest absolute Gasteiger partial charge is 0.416 e. The highest BCUT2D eigenvalue weighted by Crippen LogP contribution is 2.40. The van der Waals surface area contributed by atoms with Crippen molar-refractivity contribution in [3.8, 4) is 0 Å². The first kappa shape index (κ1) is 14.0. The number of benzene rings is 1. The van der Waals surface area contributed by atoms with Crippen molar-refractivity contribution in [2.75, 3.05) is 5.75 Å². The number of fused-ring (bicyclic) bond motifs is 1. The number of ketones is 1. The Hall–Kier alpha value is -1.37. The smallest absolute Gasteiger partial charge is 0.300 e. The lowest BCUT2D eigenvalue weighted by Gasteiger charge is -2.11. The monoisotopic (exact) mass is 292 g/mol. The number of hydrogen-bond donors (Lipinski definition) is 0. The molecule has 1 atom stereocenters. The van der Waals surface area contributed by atoms with Crippen LogP contribution in [-0.2, 0) is 20.8 Å². The third-order valence-corrected chi connectivity index (χ3v) is 4.95. The first-order chi connectivity index (χ1) is 8.61. The van der Waals surface area contributed by atoms with Crippen LogP contribution in [0.2, 0.25) is 0 Å². The van der Waals surface area contributed by atoms with Crippen LogP contribution in [0.5, 0.6) is 0 Å². The van der Waals surface area contributed by atoms with Crippen molar-refractivity contribution in [3.05, 3.63) is 29.3 Å². The molecule has 19 heavy (non-hydrogen) atoms. The molecule has 1 heterocycles. The van der Waals surface area contributed by atoms with Gasteiger partial charge in [-0.3, -0.25) is 0 Å². The number of carbonyl (C=O) groups is 1. The molecule has 1 aliphatic heterocycles. The number of Topliss-reactive ketones (excluding diaryl/α,β-unsaturated/α-hetero) is 1. The Kier molecular flexibility index (Phi) is 3.20. The first-order valence-electron chi connectivity index (χ1n) is 5.54. The summed E-state index contributed by atoms with van der Waals surface area (Å²) in [6.45, 7) is 1.29. The third-order valence-electron chi connectivity index (χ3n) is 3.07. The number of sulfone groups is 1. The number of carbonyl (C=O) groups excluding carboxylic acids is 1. The van der Waals surface area contributed by atoms with Crippen molar-refractivity contribution in [2.45, 2.75) is 30.3 Å². The fraction of sp³-hybridized carbons (Fsp3) is 0.417. The summed E-state index contributed by atoms with van der Waals surface area (Å²) in [6.07, 6.45) is -4.59. The summed E-state index contributed by atoms with van der Waals surface area (Å²) in [4.78, 5) is 11.0. The average molecular weight is 292 g/mol. The van der Waals surface area contributed by atoms with E-state index < -0.39 is 27.5 Å². The molecule has 0 spiro atoms. The van der Waals surface area contributed by atoms with E-state index in [4.69, 9.17) is 0 Å². The van der Waals surface area contributed by atoms with E-state index in [1.807, 2.05) is 0 Å². The molecule has 0 saturated heterocycles. The van der Waals surface area contributed by atoms with Crippen LogP contribution in [0.25, 0.3) is 0 Å². The van der Waals surface area contributed by atoms with Crippen molar-refractivity contribution in [1.82, 2.24) is 0 Å². The van der Waals surface area contributed by atoms with E-state index in [-0.39, 0.29) is 28.4 Å². The summed E-state index contributed by atoms with van der Waals surface area (Å²) in [5.74, 6) is -1.23. The van der Waals surface area contributed by atoms with E-state index in [9.17, 15) is 26.4 Å². The summed E-state index contributed by atoms with van der Waals surface area (Å²) in [6, 6.07) is 2.58. The number of hydrogen-bond acceptors (Lipinski definition) is 3. The quantitative estimate of drug-likeness (QED) is 0.841. The van der Waals surface area contributed by atoms with Crippen molar-refractivity contribution in [2.24, 2.45) is 0 Å². The molecule has 0 N–H and O–H groups in total. The van der Waals surface area contributed by atoms with E-state index in [0.29, 0.717) is 0 Å². The van der Waals surface area contributed by atoms with Gasteiger partial charge < -0.3 is 4.79 Å². The van der Waals surface area contributed by atoms with Gasteiger partial charge in [-0.25, -0.2) is 8.42 Å². The Labute approximate surface area is 108 Å². The summed E-state index contributed by atoms with van der Waals surface area (Å²) < 4.78 is 61.5. The van der Waals surface area contributed by atoms with Gasteiger partial charge in [0.05, 0.1) is 16.2 Å². The average Bonchev–Trinajstić information content (AvgIpc) is 2.48. The lowest BCUT2D eigenvalue weighted by Crippen LogP contribution is -2.08. The molecule has 0 aromatic heterocycles. The van der Waals surface area contributed by atoms with Gasteiger partial charge in [0.2, 0.25) is 0 Å². The van der Waals surface area contributed by atoms with Crippen LogP contribution in [0.4, 0.5) is 13.2 Å². The van der Waals surface area contributed by atoms with Crippen molar-refractivity contribution in [1.29, 1.82) is 0 Å². The molecule has 0 aliphatic carbocycles. The maximum Gasteiger partial charge on any atom is 0.416 e. The van der Waals surface area contributed by atoms with Gasteiger partial charge in [0.15, 0.2) is 9.84 Å². The summed E-state index contributed by atoms with van der Waals surface area (Å²) in [5, 5.41) is 0. The Bertz CT molecular complexity index is 632. The number of rotatable bonds is 2. The molecule has 1 unspecified atom stereocenters. The van der Waals surface area contributed by atoms with Crippen molar-refractivity contribution >= 4 is 15.6 Å². The second-order valence-electron chi connectivity index (χ2n) is 4.63. The molecule has 1 aliphatic rings. The fourth-order valence-corrected chi connectivity index (χ4v) is 4.15. The normalized spacial score (nSPS) is 21.2. The van der Waals surface area contributed by atoms with Crippen LogP contribution in [-0.4, -0.2) is 20.0 Å². The molecule has 0 bridgehead atoms. The van der Waals surface area contributed by atoms with Gasteiger partial charge in [0, 0.05) is 12.3 Å². The summed E-state index contributed by atoms with van der Waals surface area (Å²) >= 11 is 0. The summed E-state index contributed by atoms with van der Waals surface area (Å²) in [7, 11) is -3.58. The van der Waals surface area contributed by atoms with E-state index in [1.54, 1.807) is 0 Å². The van der Waals surface area contributed by atoms with Gasteiger partial charge in [-0.2, -0.15) is 13.2 Å². The van der Waals surface area contributed by atoms with Crippen LogP contribution in [0.15, 0.2) is 23.1 Å². The van der Waals surface area contributed by atoms with Crippen molar-refractivity contribution < 1.29 is 26.4 Å². The molecule has 0 saturated carbocycles. The minimum absolute atomic E-state index is 0.0620. The fourth-order valence-electron chi connectivity index (χ4n) is 2.29. The topological polar surface area (TPSA) is 51.2 Å². The van der Waals surface area contributed by atoms with Gasteiger partial charge in [-0.05, 0) is 30.7 Å². The maximum atomic E-state index is 12.6. The predicted molar refractivity (Wildman–Crippen MR) is 61.5 cm³/mol. The molecule has 2 rings (SSSR count). The third kappa shape index (κ3) is 2.65. The Morgan fingerprint density at radius 3 is 2.53 bits per heavy atom. The maximum absolute atomic E-state index is 12.6. The van der Waals surface area contributed by atoms with Gasteiger partial charge >= 0.3 is 6.18 Å². The lowest BCUT2D eigenvalue weighted by atomic mass is 9.94. The molecular weight excluding hydrogens is 281 g/mol. The van der Waals surface area contributed by atoms with Gasteiger partial charge in [0.25, 0.3) is 0 Å². The first-order valence-corrected chi connectivity index (χ1v) is 7.20. The zero-order valence-electron chi connectivity index (χ0n) is 9.99. The van der Waals surface area contributed by atoms with Gasteiger partial charge in [0.1, 0.15) is 5.78 Å². The lowest BCUT2D eigenvalue weighted by molar-refractivity contribution is -0.137. The minimum Gasteiger partial charge on any atom is -0.300 e. The molecule has 1 aromatic carbocycles. The van der Waals surface area contributed by atoms with Gasteiger partial charge in [-0.15, -0.1) is 0 Å². The second-order valence-corrected chi connectivity index (χ2v) is 6.64. The van der Waals surface area contributed by atoms with Gasteiger partial charge in [-0.1, -0.05) is 0 Å². The zero-order valence-corrected chi connectivity index (χ0v) is 10.8. The molecule has 0 radical (unpaired) electrons. The van der Waals surface area contributed by atoms with Crippen LogP contribution >= 0.6 is 0 Å². The molecule has 3 nitrogen and oxygen atoms in total. The molecular formula is C12H11F3O3S. The van der Waals surface area contributed by atoms with Crippen LogP contribution in [0, 0.1) is 0 Å². The second kappa shape index (κ2) is 4.33. The van der Waals surface area contributed by atoms with E-state index >= 15 is 0 Å². The Morgan fingerprint density at radius 2 is 2.00 bits per heavy atom. The number of alkyl halides is 3. The molecule has 1 aromatic rings. The Balaban J connectivity index is 2.54. The molecule has 0 amide bonds. The standard InChI is InChI=1S/C12H11F3O3S/c1-7(16)4-8-6-19(17,18)11-3-2-9(5-10(8)11)12(13,14)15/h2-3,5,8H,4,6H2,1H3. The number of halogens is 3. The molecule has 104 valence electrons. The summed E-state index contributed by atoms with van der Waals surface area (Å²) in [5.41, 5.74) is -0.790. The predicted octanol–water partition coefficient (Wildman–Crippen LogP) is 2.56. The van der Waals surface area contributed by atoms with E-state index in [0.717, 1.165) is 18.2 Å². The minimum atomic E-state index is -4.53. The van der Waals surface area contributed by atoms with Crippen LogP contribution in [0.3, 0.4) is 0 Å². The zero-order chi connectivity index (χ0) is 14.4. The van der Waals surface area contributed by atoms with E-state index in [2.05, 4.69) is 0 Å². The Morgan fingerprint density at radius 1 is 1.37 bits per heavy atom. The molecule has 0 fully saturated rings. The van der Waals surface area contributed by atoms with Crippen molar-refractivity contribution in [3.63, 3.8) is 0 Å². The highest BCUT2D eigenvalue weighted by molar-refractivity contribution is 7.91. The SMILES string of the molecule is CC(=O)CC1CS(=O)(=O)c2ccc(C(F)(F)F)cc21. The van der Waals surface area contributed by atoms with E-state index in [1.165, 1.54) is 6.92 Å². The highest BCUT2D eigenvalue weighted by Gasteiger charge is 2.38. The highest BCUT2D eigenvalue weighted by atomic mass is 32.2. The van der Waals surface area contributed by atoms with Crippen LogP contribution < -0.4 is 0 Å². The van der Waals surface area contributed by atoms with Crippen LogP contribution in [0.1, 0.15) is 30.4 Å².